The molecule has 2 aromatic carbocycles. The van der Waals surface area contributed by atoms with Crippen LogP contribution in [0.1, 0.15) is 73.2 Å². The molecule has 4 aromatic heterocycles. The fraction of sp³-hybridized carbons (Fsp3) is 0.289. The fourth-order valence-electron chi connectivity index (χ4n) is 6.33. The van der Waals surface area contributed by atoms with Crippen LogP contribution in [0.4, 0.5) is 11.9 Å². The Labute approximate surface area is 315 Å². The van der Waals surface area contributed by atoms with E-state index in [0.29, 0.717) is 64.4 Å². The molecule has 7 N–H and O–H groups in total. The van der Waals surface area contributed by atoms with E-state index in [1.165, 1.54) is 12.1 Å². The largest absolute Gasteiger partial charge is 0.491 e. The number of benzene rings is 2. The number of aromatic nitrogens is 7. The number of nitrogens with two attached hydrogens (primary N) is 2. The number of nitrogens with zero attached hydrogens (tertiary/aromatic N) is 7. The van der Waals surface area contributed by atoms with Gasteiger partial charge in [0, 0.05) is 56.5 Å². The molecule has 0 bridgehead atoms. The number of aliphatic hydroxyl groups excluding tert-OH is 1. The van der Waals surface area contributed by atoms with Crippen molar-refractivity contribution in [3.63, 3.8) is 0 Å². The predicted octanol–water partition coefficient (Wildman–Crippen LogP) is 3.76. The number of anilines is 2. The van der Waals surface area contributed by atoms with Crippen molar-refractivity contribution in [1.29, 1.82) is 0 Å². The monoisotopic (exact) mass is 749 g/mol. The Balaban J connectivity index is 1.38. The number of carbonyl (C=O) groups excluding carboxylic acids is 4. The summed E-state index contributed by atoms with van der Waals surface area (Å²) in [6.45, 7) is 9.08. The van der Waals surface area contributed by atoms with Crippen molar-refractivity contribution in [1.82, 2.24) is 33.4 Å². The van der Waals surface area contributed by atoms with E-state index in [1.54, 1.807) is 51.1 Å². The first-order chi connectivity index (χ1) is 26.4. The van der Waals surface area contributed by atoms with E-state index in [1.807, 2.05) is 43.7 Å². The van der Waals surface area contributed by atoms with Crippen LogP contribution in [0.2, 0.25) is 0 Å². The Morgan fingerprint density at radius 1 is 0.818 bits per heavy atom. The maximum absolute atomic E-state index is 13.6. The standard InChI is InChI=1S/C38H43N11O6/c1-5-46-21-22(3)16-29(46)35(53)43-38-42-27-19-25(34(40)52)20-31(55-15-9-14-50)32(27)48(38)13-8-7-12-47-28-11-10-24(33(39)51)18-26(28)41-37(47)44-36(54)30-17-23(4)45-49(30)6-2/h7-8,10-11,16-21,50H,5-6,9,12-15H2,1-4H3,(H2,39,51)(H2,40,52)(H,41,44,54)(H,42,43,53)/b8-7+. The molecule has 0 atom stereocenters. The van der Waals surface area contributed by atoms with Crippen molar-refractivity contribution in [2.45, 2.75) is 60.3 Å². The van der Waals surface area contributed by atoms with Crippen LogP contribution in [0.15, 0.2) is 60.8 Å². The van der Waals surface area contributed by atoms with Crippen LogP contribution < -0.4 is 26.8 Å². The predicted molar refractivity (Wildman–Crippen MR) is 206 cm³/mol. The van der Waals surface area contributed by atoms with E-state index in [4.69, 9.17) is 21.2 Å². The van der Waals surface area contributed by atoms with E-state index in [9.17, 15) is 24.3 Å². The number of ether oxygens (including phenoxy) is 1. The van der Waals surface area contributed by atoms with Gasteiger partial charge in [-0.2, -0.15) is 5.10 Å². The lowest BCUT2D eigenvalue weighted by Gasteiger charge is -2.13. The smallest absolute Gasteiger partial charge is 0.276 e. The topological polar surface area (TPSA) is 232 Å². The zero-order chi connectivity index (χ0) is 39.4. The number of hydrogen-bond donors (Lipinski definition) is 5. The van der Waals surface area contributed by atoms with Crippen LogP contribution in [-0.4, -0.2) is 75.4 Å². The quantitative estimate of drug-likeness (QED) is 0.0715. The first kappa shape index (κ1) is 38.0. The lowest BCUT2D eigenvalue weighted by atomic mass is 10.1. The molecule has 0 aliphatic heterocycles. The second-order valence-electron chi connectivity index (χ2n) is 12.8. The molecule has 6 aromatic rings. The third-order valence-corrected chi connectivity index (χ3v) is 8.92. The minimum absolute atomic E-state index is 0.102. The number of primary amides is 2. The fourth-order valence-corrected chi connectivity index (χ4v) is 6.33. The highest BCUT2D eigenvalue weighted by Crippen LogP contribution is 2.32. The van der Waals surface area contributed by atoms with Crippen LogP contribution in [0.5, 0.6) is 5.75 Å². The number of imidazole rings is 2. The molecular weight excluding hydrogens is 706 g/mol. The van der Waals surface area contributed by atoms with Gasteiger partial charge in [-0.25, -0.2) is 9.97 Å². The number of rotatable bonds is 16. The van der Waals surface area contributed by atoms with E-state index < -0.39 is 17.7 Å². The zero-order valence-corrected chi connectivity index (χ0v) is 31.0. The molecule has 0 saturated carbocycles. The van der Waals surface area contributed by atoms with Gasteiger partial charge >= 0.3 is 0 Å². The van der Waals surface area contributed by atoms with Crippen LogP contribution in [0, 0.1) is 13.8 Å². The first-order valence-electron chi connectivity index (χ1n) is 17.8. The molecule has 17 nitrogen and oxygen atoms in total. The molecule has 0 radical (unpaired) electrons. The summed E-state index contributed by atoms with van der Waals surface area (Å²) in [4.78, 5) is 60.7. The number of fused-ring (bicyclic) bond motifs is 2. The number of allylic oxidation sites excluding steroid dienone is 2. The maximum Gasteiger partial charge on any atom is 0.276 e. The first-order valence-corrected chi connectivity index (χ1v) is 17.8. The molecule has 6 rings (SSSR count). The lowest BCUT2D eigenvalue weighted by molar-refractivity contribution is 0.0992. The highest BCUT2D eigenvalue weighted by molar-refractivity contribution is 6.05. The van der Waals surface area contributed by atoms with Crippen molar-refractivity contribution < 1.29 is 29.0 Å². The van der Waals surface area contributed by atoms with Crippen molar-refractivity contribution >= 4 is 57.6 Å². The molecule has 0 saturated heterocycles. The molecule has 4 heterocycles. The van der Waals surface area contributed by atoms with Crippen LogP contribution in [-0.2, 0) is 26.2 Å². The van der Waals surface area contributed by atoms with Gasteiger partial charge < -0.3 is 35.0 Å². The Bertz CT molecular complexity index is 2470. The van der Waals surface area contributed by atoms with E-state index in [-0.39, 0.29) is 55.2 Å². The Morgan fingerprint density at radius 3 is 2.15 bits per heavy atom. The number of carbonyl (C=O) groups is 4. The number of amides is 4. The van der Waals surface area contributed by atoms with Gasteiger partial charge in [-0.05, 0) is 75.7 Å². The van der Waals surface area contributed by atoms with Gasteiger partial charge in [0.05, 0.1) is 28.9 Å². The summed E-state index contributed by atoms with van der Waals surface area (Å²) >= 11 is 0. The highest BCUT2D eigenvalue weighted by atomic mass is 16.5. The van der Waals surface area contributed by atoms with Crippen molar-refractivity contribution in [2.75, 3.05) is 23.8 Å². The minimum Gasteiger partial charge on any atom is -0.491 e. The third-order valence-electron chi connectivity index (χ3n) is 8.92. The third kappa shape index (κ3) is 7.96. The van der Waals surface area contributed by atoms with Gasteiger partial charge in [-0.1, -0.05) is 12.2 Å². The molecule has 0 aliphatic carbocycles. The number of hydrogen-bond acceptors (Lipinski definition) is 9. The van der Waals surface area contributed by atoms with Crippen molar-refractivity contribution in [2.24, 2.45) is 11.5 Å². The summed E-state index contributed by atoms with van der Waals surface area (Å²) in [5.74, 6) is -1.35. The highest BCUT2D eigenvalue weighted by Gasteiger charge is 2.22. The average molecular weight is 750 g/mol. The van der Waals surface area contributed by atoms with E-state index in [0.717, 1.165) is 5.56 Å². The van der Waals surface area contributed by atoms with Gasteiger partial charge in [0.25, 0.3) is 11.8 Å². The molecule has 0 spiro atoms. The summed E-state index contributed by atoms with van der Waals surface area (Å²) in [6, 6.07) is 11.4. The van der Waals surface area contributed by atoms with Crippen molar-refractivity contribution in [3.8, 4) is 5.75 Å². The second kappa shape index (κ2) is 16.1. The molecule has 55 heavy (non-hydrogen) atoms. The molecule has 0 aliphatic rings. The van der Waals surface area contributed by atoms with Gasteiger partial charge in [0.2, 0.25) is 23.7 Å². The molecular formula is C38H43N11O6. The number of aryl methyl sites for hydroxylation is 4. The number of aliphatic hydroxyl groups is 1. The normalized spacial score (nSPS) is 11.5. The molecule has 0 fully saturated rings. The van der Waals surface area contributed by atoms with Crippen LogP contribution in [0.25, 0.3) is 22.1 Å². The summed E-state index contributed by atoms with van der Waals surface area (Å²) in [6.07, 6.45) is 5.93. The van der Waals surface area contributed by atoms with E-state index in [2.05, 4.69) is 20.7 Å². The molecule has 4 amide bonds. The molecule has 286 valence electrons. The van der Waals surface area contributed by atoms with Gasteiger partial charge in [0.1, 0.15) is 22.7 Å². The van der Waals surface area contributed by atoms with Gasteiger partial charge in [-0.15, -0.1) is 0 Å². The van der Waals surface area contributed by atoms with Crippen LogP contribution >= 0.6 is 0 Å². The minimum atomic E-state index is -0.683. The maximum atomic E-state index is 13.6. The summed E-state index contributed by atoms with van der Waals surface area (Å²) in [7, 11) is 0. The summed E-state index contributed by atoms with van der Waals surface area (Å²) in [5, 5.41) is 19.6. The summed E-state index contributed by atoms with van der Waals surface area (Å²) in [5.41, 5.74) is 16.0. The Morgan fingerprint density at radius 2 is 1.47 bits per heavy atom. The van der Waals surface area contributed by atoms with Gasteiger partial charge in [-0.3, -0.25) is 34.5 Å². The van der Waals surface area contributed by atoms with Crippen LogP contribution in [0.3, 0.4) is 0 Å². The average Bonchev–Trinajstić information content (AvgIpc) is 3.92. The number of nitrogens with one attached hydrogen (secondary N) is 2. The zero-order valence-electron chi connectivity index (χ0n) is 31.0. The van der Waals surface area contributed by atoms with Gasteiger partial charge in [0.15, 0.2) is 0 Å². The van der Waals surface area contributed by atoms with Crippen molar-refractivity contribution in [3.05, 3.63) is 94.6 Å². The molecule has 0 unspecified atom stereocenters. The lowest BCUT2D eigenvalue weighted by Crippen LogP contribution is -2.20. The second-order valence-corrected chi connectivity index (χ2v) is 12.8. The Hall–Kier alpha value is -6.75. The summed E-state index contributed by atoms with van der Waals surface area (Å²) < 4.78 is 13.0. The Kier molecular flexibility index (Phi) is 11.1. The van der Waals surface area contributed by atoms with E-state index >= 15 is 0 Å². The SMILES string of the molecule is CCn1cc(C)cc1C(=O)Nc1nc2cc(C(N)=O)cc(OCCCO)c2n1C/C=C/Cn1c(NC(=O)c2cc(C)nn2CC)nc2cc(C(N)=O)ccc21. The molecule has 17 heteroatoms.